The number of aromatic nitrogens is 2. The van der Waals surface area contributed by atoms with E-state index in [2.05, 4.69) is 10.1 Å². The van der Waals surface area contributed by atoms with E-state index in [1.807, 2.05) is 11.0 Å². The van der Waals surface area contributed by atoms with Crippen molar-refractivity contribution in [2.75, 3.05) is 19.6 Å². The Kier molecular flexibility index (Phi) is 4.13. The van der Waals surface area contributed by atoms with Crippen LogP contribution in [0.5, 0.6) is 0 Å². The highest BCUT2D eigenvalue weighted by Gasteiger charge is 2.42. The summed E-state index contributed by atoms with van der Waals surface area (Å²) in [7, 11) is 0. The molecule has 23 heavy (non-hydrogen) atoms. The number of hydrogen-bond acceptors (Lipinski definition) is 7. The van der Waals surface area contributed by atoms with Crippen LogP contribution in [0.2, 0.25) is 0 Å². The molecule has 1 aromatic heterocycles. The third kappa shape index (κ3) is 3.24. The monoisotopic (exact) mass is 314 g/mol. The standard InChI is InChI=1S/C16H18N4O3/c1-11-18-15(23-19-11)16(22)6-7-20(10-16)9-14(21)13-4-2-12(8-17)3-5-13/h2-5,14,21-22H,6-7,9-10H2,1H3. The number of aliphatic hydroxyl groups is 2. The molecule has 120 valence electrons. The summed E-state index contributed by atoms with van der Waals surface area (Å²) in [6.07, 6.45) is -0.205. The molecule has 0 spiro atoms. The van der Waals surface area contributed by atoms with Crippen LogP contribution in [-0.4, -0.2) is 44.9 Å². The Labute approximate surface area is 133 Å². The molecule has 0 saturated carbocycles. The fourth-order valence-electron chi connectivity index (χ4n) is 2.82. The minimum absolute atomic E-state index is 0.227. The maximum Gasteiger partial charge on any atom is 0.259 e. The molecule has 0 radical (unpaired) electrons. The molecule has 3 rings (SSSR count). The normalized spacial score (nSPS) is 22.9. The average molecular weight is 314 g/mol. The Balaban J connectivity index is 1.64. The number of rotatable bonds is 4. The summed E-state index contributed by atoms with van der Waals surface area (Å²) in [6, 6.07) is 8.90. The SMILES string of the molecule is Cc1noc(C2(O)CCN(CC(O)c3ccc(C#N)cc3)C2)n1. The first-order chi connectivity index (χ1) is 11.0. The Morgan fingerprint density at radius 3 is 2.78 bits per heavy atom. The molecule has 1 fully saturated rings. The molecule has 1 aliphatic rings. The van der Waals surface area contributed by atoms with Gasteiger partial charge in [-0.15, -0.1) is 0 Å². The molecular weight excluding hydrogens is 296 g/mol. The van der Waals surface area contributed by atoms with E-state index in [9.17, 15) is 10.2 Å². The molecule has 7 heteroatoms. The van der Waals surface area contributed by atoms with Crippen molar-refractivity contribution in [3.05, 3.63) is 47.1 Å². The first-order valence-electron chi connectivity index (χ1n) is 7.44. The lowest BCUT2D eigenvalue weighted by molar-refractivity contribution is 0.00920. The summed E-state index contributed by atoms with van der Waals surface area (Å²) in [5.74, 6) is 0.717. The summed E-state index contributed by atoms with van der Waals surface area (Å²) in [6.45, 7) is 3.06. The number of β-amino-alcohol motifs (C(OH)–C–C–N with tert-alkyl or cyclic N) is 2. The van der Waals surface area contributed by atoms with Crippen LogP contribution in [0, 0.1) is 18.3 Å². The summed E-state index contributed by atoms with van der Waals surface area (Å²) in [4.78, 5) is 6.07. The molecular formula is C16H18N4O3. The Morgan fingerprint density at radius 2 is 2.17 bits per heavy atom. The van der Waals surface area contributed by atoms with Gasteiger partial charge in [-0.25, -0.2) is 0 Å². The van der Waals surface area contributed by atoms with E-state index in [1.165, 1.54) is 0 Å². The van der Waals surface area contributed by atoms with E-state index in [4.69, 9.17) is 9.78 Å². The van der Waals surface area contributed by atoms with Crippen LogP contribution in [0.3, 0.4) is 0 Å². The highest BCUT2D eigenvalue weighted by molar-refractivity contribution is 5.32. The van der Waals surface area contributed by atoms with Crippen LogP contribution >= 0.6 is 0 Å². The second-order valence-electron chi connectivity index (χ2n) is 5.91. The van der Waals surface area contributed by atoms with Crippen LogP contribution in [0.15, 0.2) is 28.8 Å². The second-order valence-corrected chi connectivity index (χ2v) is 5.91. The molecule has 2 heterocycles. The molecule has 7 nitrogen and oxygen atoms in total. The van der Waals surface area contributed by atoms with Gasteiger partial charge in [0.15, 0.2) is 11.4 Å². The quantitative estimate of drug-likeness (QED) is 0.862. The van der Waals surface area contributed by atoms with Gasteiger partial charge >= 0.3 is 0 Å². The van der Waals surface area contributed by atoms with Crippen LogP contribution in [0.1, 0.15) is 35.4 Å². The molecule has 2 atom stereocenters. The molecule has 1 saturated heterocycles. The van der Waals surface area contributed by atoms with Gasteiger partial charge in [-0.3, -0.25) is 4.90 Å². The number of aryl methyl sites for hydroxylation is 1. The van der Waals surface area contributed by atoms with Crippen LogP contribution in [-0.2, 0) is 5.60 Å². The molecule has 1 aromatic carbocycles. The van der Waals surface area contributed by atoms with Crippen LogP contribution in [0.4, 0.5) is 0 Å². The summed E-state index contributed by atoms with van der Waals surface area (Å²) in [5.41, 5.74) is 0.141. The second kappa shape index (κ2) is 6.08. The molecule has 2 N–H and O–H groups in total. The van der Waals surface area contributed by atoms with E-state index in [0.717, 1.165) is 5.56 Å². The van der Waals surface area contributed by atoms with Crippen molar-refractivity contribution in [3.8, 4) is 6.07 Å². The Bertz CT molecular complexity index is 722. The Hall–Kier alpha value is -2.27. The van der Waals surface area contributed by atoms with Gasteiger partial charge in [0.05, 0.1) is 17.7 Å². The lowest BCUT2D eigenvalue weighted by Crippen LogP contribution is -2.33. The first kappa shape index (κ1) is 15.6. The number of likely N-dealkylation sites (tertiary alicyclic amines) is 1. The lowest BCUT2D eigenvalue weighted by atomic mass is 10.0. The van der Waals surface area contributed by atoms with Crippen LogP contribution in [0.25, 0.3) is 0 Å². The fourth-order valence-corrected chi connectivity index (χ4v) is 2.82. The number of aliphatic hydroxyl groups excluding tert-OH is 1. The van der Waals surface area contributed by atoms with Gasteiger partial charge in [0.25, 0.3) is 5.89 Å². The maximum atomic E-state index is 10.6. The zero-order valence-electron chi connectivity index (χ0n) is 12.8. The fraction of sp³-hybridized carbons (Fsp3) is 0.438. The van der Waals surface area contributed by atoms with Gasteiger partial charge in [-0.05, 0) is 31.0 Å². The van der Waals surface area contributed by atoms with Crippen molar-refractivity contribution in [1.82, 2.24) is 15.0 Å². The number of benzene rings is 1. The number of nitriles is 1. The lowest BCUT2D eigenvalue weighted by Gasteiger charge is -2.22. The molecule has 2 unspecified atom stereocenters. The van der Waals surface area contributed by atoms with Crippen molar-refractivity contribution >= 4 is 0 Å². The van der Waals surface area contributed by atoms with E-state index in [0.29, 0.717) is 37.4 Å². The molecule has 0 aliphatic carbocycles. The third-order valence-electron chi connectivity index (χ3n) is 4.11. The van der Waals surface area contributed by atoms with E-state index < -0.39 is 11.7 Å². The van der Waals surface area contributed by atoms with Crippen molar-refractivity contribution in [2.24, 2.45) is 0 Å². The van der Waals surface area contributed by atoms with E-state index >= 15 is 0 Å². The van der Waals surface area contributed by atoms with Crippen molar-refractivity contribution in [3.63, 3.8) is 0 Å². The van der Waals surface area contributed by atoms with Gasteiger partial charge in [0, 0.05) is 19.6 Å². The highest BCUT2D eigenvalue weighted by atomic mass is 16.5. The highest BCUT2D eigenvalue weighted by Crippen LogP contribution is 2.31. The zero-order valence-corrected chi connectivity index (χ0v) is 12.8. The summed E-state index contributed by atoms with van der Waals surface area (Å²) >= 11 is 0. The predicted octanol–water partition coefficient (Wildman–Crippen LogP) is 0.877. The molecule has 0 bridgehead atoms. The molecule has 0 amide bonds. The van der Waals surface area contributed by atoms with E-state index in [1.54, 1.807) is 31.2 Å². The molecule has 1 aliphatic heterocycles. The van der Waals surface area contributed by atoms with Crippen molar-refractivity contribution in [2.45, 2.75) is 25.0 Å². The zero-order chi connectivity index (χ0) is 16.4. The average Bonchev–Trinajstić information content (AvgIpc) is 3.15. The minimum Gasteiger partial charge on any atom is -0.387 e. The van der Waals surface area contributed by atoms with Gasteiger partial charge < -0.3 is 14.7 Å². The molecule has 2 aromatic rings. The van der Waals surface area contributed by atoms with Crippen LogP contribution < -0.4 is 0 Å². The van der Waals surface area contributed by atoms with Gasteiger partial charge in [-0.1, -0.05) is 17.3 Å². The smallest absolute Gasteiger partial charge is 0.259 e. The maximum absolute atomic E-state index is 10.6. The first-order valence-corrected chi connectivity index (χ1v) is 7.44. The predicted molar refractivity (Wildman–Crippen MR) is 80.1 cm³/mol. The third-order valence-corrected chi connectivity index (χ3v) is 4.11. The van der Waals surface area contributed by atoms with Crippen molar-refractivity contribution < 1.29 is 14.7 Å². The number of hydrogen-bond donors (Lipinski definition) is 2. The van der Waals surface area contributed by atoms with E-state index in [-0.39, 0.29) is 5.89 Å². The van der Waals surface area contributed by atoms with Crippen molar-refractivity contribution in [1.29, 1.82) is 5.26 Å². The number of nitrogens with zero attached hydrogens (tertiary/aromatic N) is 4. The van der Waals surface area contributed by atoms with Gasteiger partial charge in [-0.2, -0.15) is 10.2 Å². The van der Waals surface area contributed by atoms with Gasteiger partial charge in [0.1, 0.15) is 0 Å². The minimum atomic E-state index is -1.16. The Morgan fingerprint density at radius 1 is 1.43 bits per heavy atom. The largest absolute Gasteiger partial charge is 0.387 e. The van der Waals surface area contributed by atoms with Gasteiger partial charge in [0.2, 0.25) is 0 Å². The summed E-state index contributed by atoms with van der Waals surface area (Å²) < 4.78 is 5.08. The topological polar surface area (TPSA) is 106 Å². The summed E-state index contributed by atoms with van der Waals surface area (Å²) in [5, 5.41) is 33.5.